The topological polar surface area (TPSA) is 157 Å². The number of methoxy groups -OCH3 is 1. The van der Waals surface area contributed by atoms with Crippen molar-refractivity contribution in [3.8, 4) is 0 Å². The van der Waals surface area contributed by atoms with Gasteiger partial charge in [0.15, 0.2) is 0 Å². The van der Waals surface area contributed by atoms with E-state index in [1.165, 1.54) is 7.11 Å². The number of esters is 1. The zero-order valence-corrected chi connectivity index (χ0v) is 16.1. The molecule has 0 amide bonds. The molecule has 0 saturated carbocycles. The normalized spacial score (nSPS) is 17.6. The molecule has 0 aliphatic carbocycles. The first-order valence-corrected chi connectivity index (χ1v) is 9.08. The number of ether oxygens (including phenoxy) is 1. The van der Waals surface area contributed by atoms with E-state index in [0.717, 1.165) is 0 Å². The number of aliphatic carboxylic acids is 3. The van der Waals surface area contributed by atoms with Gasteiger partial charge in [0.25, 0.3) is 0 Å². The maximum absolute atomic E-state index is 11.3. The largest absolute Gasteiger partial charge is 0.480 e. The SMILES string of the molecule is COC(=O)CCCCC1(NCC(=O)O)CN(CC(=O)O)CCN(CC(=O)O)C1. The number of hydrogen-bond acceptors (Lipinski definition) is 8. The highest BCUT2D eigenvalue weighted by molar-refractivity contribution is 5.70. The predicted octanol–water partition coefficient (Wildman–Crippen LogP) is -1.08. The average Bonchev–Trinajstić information content (AvgIpc) is 2.75. The first-order chi connectivity index (χ1) is 13.2. The molecule has 11 heteroatoms. The van der Waals surface area contributed by atoms with Crippen molar-refractivity contribution in [2.75, 3.05) is 52.9 Å². The molecule has 0 spiro atoms. The van der Waals surface area contributed by atoms with Gasteiger partial charge in [0, 0.05) is 38.1 Å². The molecule has 4 N–H and O–H groups in total. The van der Waals surface area contributed by atoms with Crippen LogP contribution in [0.25, 0.3) is 0 Å². The van der Waals surface area contributed by atoms with Crippen LogP contribution in [0.2, 0.25) is 0 Å². The lowest BCUT2D eigenvalue weighted by atomic mass is 9.90. The average molecular weight is 403 g/mol. The summed E-state index contributed by atoms with van der Waals surface area (Å²) in [4.78, 5) is 48.1. The van der Waals surface area contributed by atoms with Gasteiger partial charge in [-0.2, -0.15) is 0 Å². The second-order valence-corrected chi connectivity index (χ2v) is 7.02. The lowest BCUT2D eigenvalue weighted by molar-refractivity contribution is -0.141. The number of carbonyl (C=O) groups is 4. The molecule has 1 aliphatic rings. The third-order valence-electron chi connectivity index (χ3n) is 4.63. The lowest BCUT2D eigenvalue weighted by Crippen LogP contribution is -2.59. The van der Waals surface area contributed by atoms with Gasteiger partial charge in [-0.15, -0.1) is 0 Å². The molecule has 0 atom stereocenters. The minimum Gasteiger partial charge on any atom is -0.480 e. The van der Waals surface area contributed by atoms with Gasteiger partial charge in [0.1, 0.15) is 0 Å². The van der Waals surface area contributed by atoms with E-state index >= 15 is 0 Å². The Kier molecular flexibility index (Phi) is 9.83. The molecule has 1 aliphatic heterocycles. The van der Waals surface area contributed by atoms with Crippen LogP contribution in [0.5, 0.6) is 0 Å². The van der Waals surface area contributed by atoms with Gasteiger partial charge < -0.3 is 20.1 Å². The summed E-state index contributed by atoms with van der Waals surface area (Å²) in [7, 11) is 1.30. The van der Waals surface area contributed by atoms with E-state index in [1.807, 2.05) is 0 Å². The summed E-state index contributed by atoms with van der Waals surface area (Å²) in [5.74, 6) is -3.42. The Morgan fingerprint density at radius 2 is 1.46 bits per heavy atom. The first-order valence-electron chi connectivity index (χ1n) is 9.08. The Balaban J connectivity index is 2.96. The highest BCUT2D eigenvalue weighted by Gasteiger charge is 2.37. The summed E-state index contributed by atoms with van der Waals surface area (Å²) < 4.78 is 4.61. The van der Waals surface area contributed by atoms with Gasteiger partial charge in [-0.05, 0) is 12.8 Å². The van der Waals surface area contributed by atoms with E-state index in [4.69, 9.17) is 15.3 Å². The number of carboxylic acid groups (broad SMARTS) is 3. The van der Waals surface area contributed by atoms with E-state index in [9.17, 15) is 19.2 Å². The maximum atomic E-state index is 11.3. The van der Waals surface area contributed by atoms with Gasteiger partial charge in [-0.3, -0.25) is 34.3 Å². The third-order valence-corrected chi connectivity index (χ3v) is 4.63. The van der Waals surface area contributed by atoms with Crippen LogP contribution in [0.1, 0.15) is 25.7 Å². The van der Waals surface area contributed by atoms with Crippen LogP contribution in [-0.4, -0.2) is 107 Å². The number of nitrogens with one attached hydrogen (secondary N) is 1. The van der Waals surface area contributed by atoms with Gasteiger partial charge in [0.05, 0.1) is 26.7 Å². The van der Waals surface area contributed by atoms with Crippen LogP contribution < -0.4 is 5.32 Å². The summed E-state index contributed by atoms with van der Waals surface area (Å²) in [6.45, 7) is 0.469. The molecule has 160 valence electrons. The van der Waals surface area contributed by atoms with Crippen molar-refractivity contribution in [3.05, 3.63) is 0 Å². The summed E-state index contributed by atoms with van der Waals surface area (Å²) in [5, 5.41) is 30.4. The second-order valence-electron chi connectivity index (χ2n) is 7.02. The molecular weight excluding hydrogens is 374 g/mol. The monoisotopic (exact) mass is 403 g/mol. The molecule has 0 aromatic rings. The Hall–Kier alpha value is -2.24. The van der Waals surface area contributed by atoms with Crippen LogP contribution >= 0.6 is 0 Å². The molecule has 1 rings (SSSR count). The Bertz CT molecular complexity index is 543. The quantitative estimate of drug-likeness (QED) is 0.232. The van der Waals surface area contributed by atoms with E-state index in [1.54, 1.807) is 9.80 Å². The fraction of sp³-hybridized carbons (Fsp3) is 0.765. The molecule has 1 heterocycles. The Morgan fingerprint density at radius 1 is 0.929 bits per heavy atom. The lowest BCUT2D eigenvalue weighted by Gasteiger charge is -2.38. The highest BCUT2D eigenvalue weighted by atomic mass is 16.5. The van der Waals surface area contributed by atoms with E-state index in [2.05, 4.69) is 10.1 Å². The number of unbranched alkanes of at least 4 members (excludes halogenated alkanes) is 1. The van der Waals surface area contributed by atoms with Crippen LogP contribution in [0.4, 0.5) is 0 Å². The molecule has 0 unspecified atom stereocenters. The van der Waals surface area contributed by atoms with Crippen molar-refractivity contribution >= 4 is 23.9 Å². The van der Waals surface area contributed by atoms with Gasteiger partial charge in [-0.1, -0.05) is 6.42 Å². The summed E-state index contributed by atoms with van der Waals surface area (Å²) >= 11 is 0. The zero-order valence-electron chi connectivity index (χ0n) is 16.1. The van der Waals surface area contributed by atoms with Crippen LogP contribution in [0.15, 0.2) is 0 Å². The molecule has 0 radical (unpaired) electrons. The van der Waals surface area contributed by atoms with E-state index < -0.39 is 23.4 Å². The number of carbonyl (C=O) groups excluding carboxylic acids is 1. The predicted molar refractivity (Wildman–Crippen MR) is 97.0 cm³/mol. The summed E-state index contributed by atoms with van der Waals surface area (Å²) in [5.41, 5.74) is -0.810. The fourth-order valence-corrected chi connectivity index (χ4v) is 3.46. The van der Waals surface area contributed by atoms with Crippen LogP contribution in [0.3, 0.4) is 0 Å². The van der Waals surface area contributed by atoms with E-state index in [0.29, 0.717) is 32.4 Å². The molecule has 1 fully saturated rings. The van der Waals surface area contributed by atoms with Crippen LogP contribution in [0, 0.1) is 0 Å². The highest BCUT2D eigenvalue weighted by Crippen LogP contribution is 2.22. The maximum Gasteiger partial charge on any atom is 0.317 e. The summed E-state index contributed by atoms with van der Waals surface area (Å²) in [6, 6.07) is 0. The molecule has 1 saturated heterocycles. The minimum absolute atomic E-state index is 0.223. The summed E-state index contributed by atoms with van der Waals surface area (Å²) in [6.07, 6.45) is 1.79. The van der Waals surface area contributed by atoms with Crippen molar-refractivity contribution in [3.63, 3.8) is 0 Å². The third kappa shape index (κ3) is 9.11. The minimum atomic E-state index is -1.06. The van der Waals surface area contributed by atoms with Crippen molar-refractivity contribution < 1.29 is 39.2 Å². The van der Waals surface area contributed by atoms with Crippen molar-refractivity contribution in [2.24, 2.45) is 0 Å². The van der Waals surface area contributed by atoms with Crippen molar-refractivity contribution in [1.29, 1.82) is 0 Å². The Morgan fingerprint density at radius 3 is 1.89 bits per heavy atom. The molecule has 0 aromatic heterocycles. The molecule has 28 heavy (non-hydrogen) atoms. The fourth-order valence-electron chi connectivity index (χ4n) is 3.46. The van der Waals surface area contributed by atoms with E-state index in [-0.39, 0.29) is 45.1 Å². The van der Waals surface area contributed by atoms with Crippen molar-refractivity contribution in [2.45, 2.75) is 31.2 Å². The standard InChI is InChI=1S/C17H29N3O8/c1-28-16(27)4-2-3-5-17(18-8-13(21)22)11-19(9-14(23)24)6-7-20(12-17)10-15(25)26/h18H,2-12H2,1H3,(H,21,22)(H,23,24)(H,25,26). The zero-order chi connectivity index (χ0) is 21.2. The Labute approximate surface area is 163 Å². The smallest absolute Gasteiger partial charge is 0.317 e. The molecular formula is C17H29N3O8. The van der Waals surface area contributed by atoms with Crippen LogP contribution in [-0.2, 0) is 23.9 Å². The number of carboxylic acids is 3. The second kappa shape index (κ2) is 11.6. The number of nitrogens with zero attached hydrogens (tertiary/aromatic N) is 2. The van der Waals surface area contributed by atoms with Gasteiger partial charge in [0.2, 0.25) is 0 Å². The molecule has 11 nitrogen and oxygen atoms in total. The molecule has 0 aromatic carbocycles. The van der Waals surface area contributed by atoms with Crippen molar-refractivity contribution in [1.82, 2.24) is 15.1 Å². The first kappa shape index (κ1) is 23.8. The molecule has 0 bridgehead atoms. The number of rotatable bonds is 12. The van der Waals surface area contributed by atoms with Gasteiger partial charge >= 0.3 is 23.9 Å². The number of hydrogen-bond donors (Lipinski definition) is 4. The van der Waals surface area contributed by atoms with Gasteiger partial charge in [-0.25, -0.2) is 0 Å².